The second-order valence-electron chi connectivity index (χ2n) is 4.25. The lowest BCUT2D eigenvalue weighted by atomic mass is 10.2. The number of nitrogens with zero attached hydrogens (tertiary/aromatic N) is 1. The van der Waals surface area contributed by atoms with Gasteiger partial charge < -0.3 is 4.90 Å². The van der Waals surface area contributed by atoms with Crippen molar-refractivity contribution in [2.75, 3.05) is 7.05 Å². The summed E-state index contributed by atoms with van der Waals surface area (Å²) in [7, 11) is -1.98. The average Bonchev–Trinajstić information content (AvgIpc) is 2.98. The lowest BCUT2D eigenvalue weighted by molar-refractivity contribution is 0.0785. The van der Waals surface area contributed by atoms with E-state index in [-0.39, 0.29) is 10.1 Å². The normalized spacial score (nSPS) is 15.9. The Bertz CT molecular complexity index is 558. The summed E-state index contributed by atoms with van der Waals surface area (Å²) < 4.78 is 22.6. The highest BCUT2D eigenvalue weighted by Gasteiger charge is 2.32. The van der Waals surface area contributed by atoms with Crippen molar-refractivity contribution in [1.82, 2.24) is 4.90 Å². The smallest absolute Gasteiger partial charge is 0.255 e. The van der Waals surface area contributed by atoms with Crippen LogP contribution >= 0.6 is 11.3 Å². The molecule has 0 unspecified atom stereocenters. The molecule has 7 heteroatoms. The van der Waals surface area contributed by atoms with Gasteiger partial charge in [0.1, 0.15) is 4.21 Å². The van der Waals surface area contributed by atoms with Crippen molar-refractivity contribution in [3.8, 4) is 0 Å². The van der Waals surface area contributed by atoms with Crippen molar-refractivity contribution in [3.05, 3.63) is 16.5 Å². The van der Waals surface area contributed by atoms with Gasteiger partial charge in [0.2, 0.25) is 10.0 Å². The van der Waals surface area contributed by atoms with Crippen LogP contribution in [0.25, 0.3) is 0 Å². The summed E-state index contributed by atoms with van der Waals surface area (Å²) in [5, 5.41) is 6.64. The van der Waals surface area contributed by atoms with Crippen molar-refractivity contribution in [1.29, 1.82) is 0 Å². The van der Waals surface area contributed by atoms with E-state index in [0.717, 1.165) is 24.2 Å². The quantitative estimate of drug-likeness (QED) is 0.890. The molecule has 0 radical (unpaired) electrons. The molecule has 5 nitrogen and oxygen atoms in total. The molecule has 0 aliphatic heterocycles. The second-order valence-corrected chi connectivity index (χ2v) is 6.89. The Morgan fingerprint density at radius 1 is 1.53 bits per heavy atom. The molecule has 0 bridgehead atoms. The number of carbonyl (C=O) groups is 1. The minimum absolute atomic E-state index is 0.0741. The van der Waals surface area contributed by atoms with Gasteiger partial charge in [0, 0.05) is 18.5 Å². The average molecular weight is 274 g/mol. The maximum atomic E-state index is 12.1. The molecular weight excluding hydrogens is 260 g/mol. The zero-order chi connectivity index (χ0) is 12.8. The van der Waals surface area contributed by atoms with Crippen LogP contribution in [0.1, 0.15) is 28.8 Å². The Morgan fingerprint density at radius 2 is 2.12 bits per heavy atom. The highest BCUT2D eigenvalue weighted by atomic mass is 32.2. The molecule has 94 valence electrons. The van der Waals surface area contributed by atoms with Gasteiger partial charge in [-0.1, -0.05) is 0 Å². The number of hydrogen-bond acceptors (Lipinski definition) is 4. The van der Waals surface area contributed by atoms with Crippen molar-refractivity contribution in [2.45, 2.75) is 30.0 Å². The van der Waals surface area contributed by atoms with Crippen molar-refractivity contribution < 1.29 is 13.2 Å². The number of thiophene rings is 1. The van der Waals surface area contributed by atoms with Gasteiger partial charge in [-0.3, -0.25) is 4.79 Å². The van der Waals surface area contributed by atoms with Crippen LogP contribution in [0, 0.1) is 6.92 Å². The first-order chi connectivity index (χ1) is 7.82. The summed E-state index contributed by atoms with van der Waals surface area (Å²) in [6.45, 7) is 1.62. The molecule has 1 saturated carbocycles. The molecule has 1 aliphatic rings. The van der Waals surface area contributed by atoms with Crippen LogP contribution < -0.4 is 5.14 Å². The van der Waals surface area contributed by atoms with Crippen LogP contribution in [0.2, 0.25) is 0 Å². The first kappa shape index (κ1) is 12.5. The van der Waals surface area contributed by atoms with E-state index in [9.17, 15) is 13.2 Å². The van der Waals surface area contributed by atoms with E-state index in [4.69, 9.17) is 5.14 Å². The number of primary sulfonamides is 1. The Labute approximate surface area is 104 Å². The van der Waals surface area contributed by atoms with Crippen LogP contribution in [0.5, 0.6) is 0 Å². The van der Waals surface area contributed by atoms with E-state index >= 15 is 0 Å². The predicted molar refractivity (Wildman–Crippen MR) is 65.5 cm³/mol. The summed E-state index contributed by atoms with van der Waals surface area (Å²) >= 11 is 1.00. The number of sulfonamides is 1. The van der Waals surface area contributed by atoms with Gasteiger partial charge in [-0.25, -0.2) is 13.6 Å². The number of rotatable bonds is 3. The second kappa shape index (κ2) is 4.08. The molecule has 1 heterocycles. The van der Waals surface area contributed by atoms with E-state index in [1.54, 1.807) is 24.3 Å². The van der Waals surface area contributed by atoms with Crippen LogP contribution in [0.3, 0.4) is 0 Å². The number of hydrogen-bond donors (Lipinski definition) is 1. The molecule has 1 fully saturated rings. The van der Waals surface area contributed by atoms with E-state index in [1.165, 1.54) is 0 Å². The summed E-state index contributed by atoms with van der Waals surface area (Å²) in [4.78, 5) is 13.8. The maximum absolute atomic E-state index is 12.1. The Balaban J connectivity index is 2.34. The molecule has 1 aromatic rings. The van der Waals surface area contributed by atoms with E-state index < -0.39 is 10.0 Å². The molecule has 1 aromatic heterocycles. The lowest BCUT2D eigenvalue weighted by Gasteiger charge is -2.15. The van der Waals surface area contributed by atoms with Gasteiger partial charge in [-0.2, -0.15) is 0 Å². The zero-order valence-electron chi connectivity index (χ0n) is 9.63. The third-order valence-corrected chi connectivity index (χ3v) is 5.58. The summed E-state index contributed by atoms with van der Waals surface area (Å²) in [5.74, 6) is -0.129. The fraction of sp³-hybridized carbons (Fsp3) is 0.500. The molecule has 0 spiro atoms. The highest BCUT2D eigenvalue weighted by Crippen LogP contribution is 2.30. The summed E-state index contributed by atoms with van der Waals surface area (Å²) in [6.07, 6.45) is 2.04. The van der Waals surface area contributed by atoms with Gasteiger partial charge >= 0.3 is 0 Å². The first-order valence-corrected chi connectivity index (χ1v) is 7.63. The molecule has 2 rings (SSSR count). The summed E-state index contributed by atoms with van der Waals surface area (Å²) in [6, 6.07) is 0.305. The Morgan fingerprint density at radius 3 is 2.53 bits per heavy atom. The molecule has 17 heavy (non-hydrogen) atoms. The fourth-order valence-corrected chi connectivity index (χ4v) is 3.71. The third-order valence-electron chi connectivity index (χ3n) is 2.90. The first-order valence-electron chi connectivity index (χ1n) is 5.20. The van der Waals surface area contributed by atoms with Gasteiger partial charge in [0.25, 0.3) is 5.91 Å². The van der Waals surface area contributed by atoms with Crippen molar-refractivity contribution in [2.24, 2.45) is 5.14 Å². The largest absolute Gasteiger partial charge is 0.339 e. The molecule has 0 atom stereocenters. The van der Waals surface area contributed by atoms with E-state index in [0.29, 0.717) is 17.2 Å². The van der Waals surface area contributed by atoms with Gasteiger partial charge in [-0.05, 0) is 25.3 Å². The SMILES string of the molecule is Cc1c(C(=O)N(C)C2CC2)csc1S(N)(=O)=O. The van der Waals surface area contributed by atoms with E-state index in [2.05, 4.69) is 0 Å². The van der Waals surface area contributed by atoms with Gasteiger partial charge in [0.05, 0.1) is 5.56 Å². The van der Waals surface area contributed by atoms with Crippen LogP contribution in [0.4, 0.5) is 0 Å². The molecule has 0 saturated heterocycles. The Hall–Kier alpha value is -0.920. The van der Waals surface area contributed by atoms with E-state index in [1.807, 2.05) is 0 Å². The van der Waals surface area contributed by atoms with Crippen molar-refractivity contribution in [3.63, 3.8) is 0 Å². The minimum Gasteiger partial charge on any atom is -0.339 e. The Kier molecular flexibility index (Phi) is 3.01. The lowest BCUT2D eigenvalue weighted by Crippen LogP contribution is -2.29. The molecule has 1 aliphatic carbocycles. The van der Waals surface area contributed by atoms with Crippen LogP contribution in [-0.4, -0.2) is 32.3 Å². The molecular formula is C10H14N2O3S2. The standard InChI is InChI=1S/C10H14N2O3S2/c1-6-8(5-16-10(6)17(11,14)15)9(13)12(2)7-3-4-7/h5,7H,3-4H2,1-2H3,(H2,11,14,15). The monoisotopic (exact) mass is 274 g/mol. The summed E-state index contributed by atoms with van der Waals surface area (Å²) in [5.41, 5.74) is 0.892. The highest BCUT2D eigenvalue weighted by molar-refractivity contribution is 7.91. The number of carbonyl (C=O) groups excluding carboxylic acids is 1. The molecule has 0 aromatic carbocycles. The fourth-order valence-electron chi connectivity index (χ4n) is 1.71. The maximum Gasteiger partial charge on any atom is 0.255 e. The van der Waals surface area contributed by atoms with Crippen LogP contribution in [-0.2, 0) is 10.0 Å². The number of nitrogens with two attached hydrogens (primary N) is 1. The van der Waals surface area contributed by atoms with Gasteiger partial charge in [0.15, 0.2) is 0 Å². The van der Waals surface area contributed by atoms with Crippen LogP contribution in [0.15, 0.2) is 9.59 Å². The van der Waals surface area contributed by atoms with Gasteiger partial charge in [-0.15, -0.1) is 11.3 Å². The topological polar surface area (TPSA) is 80.5 Å². The minimum atomic E-state index is -3.73. The molecule has 2 N–H and O–H groups in total. The third kappa shape index (κ3) is 2.36. The predicted octanol–water partition coefficient (Wildman–Crippen LogP) is 0.938. The molecule has 1 amide bonds. The zero-order valence-corrected chi connectivity index (χ0v) is 11.3. The van der Waals surface area contributed by atoms with Crippen molar-refractivity contribution >= 4 is 27.3 Å². The number of amides is 1.